The van der Waals surface area contributed by atoms with Crippen molar-refractivity contribution in [3.8, 4) is 22.3 Å². The molecule has 5 aromatic rings. The van der Waals surface area contributed by atoms with Gasteiger partial charge in [-0.15, -0.1) is 0 Å². The van der Waals surface area contributed by atoms with Crippen LogP contribution in [0.2, 0.25) is 0 Å². The maximum atomic E-state index is 2.33. The average Bonchev–Trinajstić information content (AvgIpc) is 3.17. The van der Waals surface area contributed by atoms with Crippen molar-refractivity contribution in [2.24, 2.45) is 0 Å². The largest absolute Gasteiger partial charge is 0.0654 e. The molecule has 0 heterocycles. The molecule has 5 rings (SSSR count). The summed E-state index contributed by atoms with van der Waals surface area (Å²) in [7, 11) is 0. The van der Waals surface area contributed by atoms with Crippen LogP contribution in [0.1, 0.15) is 124 Å². The van der Waals surface area contributed by atoms with Crippen LogP contribution < -0.4 is 0 Å². The van der Waals surface area contributed by atoms with E-state index in [1.807, 2.05) is 0 Å². The Morgan fingerprint density at radius 1 is 0.340 bits per heavy atom. The minimum atomic E-state index is 1.17. The van der Waals surface area contributed by atoms with Gasteiger partial charge in [0.15, 0.2) is 0 Å². The molecular weight excluding hydrogens is 601 g/mol. The van der Waals surface area contributed by atoms with Crippen molar-refractivity contribution in [3.05, 3.63) is 155 Å². The van der Waals surface area contributed by atoms with Crippen LogP contribution >= 0.6 is 0 Å². The van der Waals surface area contributed by atoms with E-state index in [-0.39, 0.29) is 0 Å². The van der Waals surface area contributed by atoms with Gasteiger partial charge in [-0.25, -0.2) is 0 Å². The molecule has 0 aliphatic rings. The van der Waals surface area contributed by atoms with E-state index in [0.29, 0.717) is 0 Å². The quantitative estimate of drug-likeness (QED) is 0.0577. The molecular formula is C50H58. The summed E-state index contributed by atoms with van der Waals surface area (Å²) >= 11 is 0. The summed E-state index contributed by atoms with van der Waals surface area (Å²) in [6.45, 7) is 4.57. The van der Waals surface area contributed by atoms with Crippen LogP contribution in [-0.4, -0.2) is 0 Å². The van der Waals surface area contributed by atoms with Crippen LogP contribution in [0, 0.1) is 0 Å². The van der Waals surface area contributed by atoms with E-state index in [1.165, 1.54) is 146 Å². The molecule has 0 bridgehead atoms. The third kappa shape index (κ3) is 11.6. The second-order valence-electron chi connectivity index (χ2n) is 13.9. The van der Waals surface area contributed by atoms with Crippen molar-refractivity contribution in [1.82, 2.24) is 0 Å². The molecule has 0 fully saturated rings. The SMILES string of the molecule is CCCCCCCCc1ccc(C=Cc2c(-c3ccccc3)ccc(-c3ccccc3)c2C=Cc2ccc(CCCCCCCC)cc2)cc1. The number of benzene rings is 5. The van der Waals surface area contributed by atoms with Crippen molar-refractivity contribution in [1.29, 1.82) is 0 Å². The smallest absolute Gasteiger partial charge is 0.00990 e. The number of hydrogen-bond donors (Lipinski definition) is 0. The lowest BCUT2D eigenvalue weighted by molar-refractivity contribution is 0.607. The lowest BCUT2D eigenvalue weighted by Gasteiger charge is -2.16. The van der Waals surface area contributed by atoms with Crippen LogP contribution in [0.15, 0.2) is 121 Å². The number of rotatable bonds is 20. The molecule has 0 spiro atoms. The van der Waals surface area contributed by atoms with Crippen LogP contribution in [-0.2, 0) is 12.8 Å². The molecule has 0 unspecified atom stereocenters. The van der Waals surface area contributed by atoms with Crippen LogP contribution in [0.3, 0.4) is 0 Å². The molecule has 0 nitrogen and oxygen atoms in total. The Morgan fingerprint density at radius 2 is 0.700 bits per heavy atom. The Labute approximate surface area is 304 Å². The number of aryl methyl sites for hydroxylation is 2. The zero-order valence-electron chi connectivity index (χ0n) is 30.8. The average molecular weight is 659 g/mol. The van der Waals surface area contributed by atoms with Gasteiger partial charge in [-0.1, -0.05) is 224 Å². The molecule has 0 saturated carbocycles. The molecule has 0 saturated heterocycles. The lowest BCUT2D eigenvalue weighted by Crippen LogP contribution is -1.93. The molecule has 0 N–H and O–H groups in total. The third-order valence-electron chi connectivity index (χ3n) is 9.94. The van der Waals surface area contributed by atoms with Crippen LogP contribution in [0.25, 0.3) is 46.6 Å². The Morgan fingerprint density at radius 3 is 1.08 bits per heavy atom. The molecule has 0 aliphatic carbocycles. The van der Waals surface area contributed by atoms with Gasteiger partial charge in [-0.3, -0.25) is 0 Å². The van der Waals surface area contributed by atoms with Gasteiger partial charge >= 0.3 is 0 Å². The fourth-order valence-electron chi connectivity index (χ4n) is 6.90. The molecule has 5 aromatic carbocycles. The molecule has 0 aromatic heterocycles. The molecule has 0 atom stereocenters. The van der Waals surface area contributed by atoms with E-state index < -0.39 is 0 Å². The molecule has 0 amide bonds. The van der Waals surface area contributed by atoms with Gasteiger partial charge in [-0.05, 0) is 81.3 Å². The fraction of sp³-hybridized carbons (Fsp3) is 0.320. The summed E-state index contributed by atoms with van der Waals surface area (Å²) in [5.74, 6) is 0. The van der Waals surface area contributed by atoms with Gasteiger partial charge < -0.3 is 0 Å². The normalized spacial score (nSPS) is 11.6. The molecule has 258 valence electrons. The minimum absolute atomic E-state index is 1.17. The summed E-state index contributed by atoms with van der Waals surface area (Å²) in [6, 6.07) is 44.7. The summed E-state index contributed by atoms with van der Waals surface area (Å²) in [4.78, 5) is 0. The minimum Gasteiger partial charge on any atom is -0.0654 e. The van der Waals surface area contributed by atoms with Crippen LogP contribution in [0.4, 0.5) is 0 Å². The zero-order valence-corrected chi connectivity index (χ0v) is 30.8. The first-order chi connectivity index (χ1) is 24.7. The van der Waals surface area contributed by atoms with Crippen LogP contribution in [0.5, 0.6) is 0 Å². The van der Waals surface area contributed by atoms with E-state index in [1.54, 1.807) is 0 Å². The molecule has 0 heteroatoms. The van der Waals surface area contributed by atoms with E-state index in [4.69, 9.17) is 0 Å². The van der Waals surface area contributed by atoms with Gasteiger partial charge in [-0.2, -0.15) is 0 Å². The van der Waals surface area contributed by atoms with Gasteiger partial charge in [0.05, 0.1) is 0 Å². The third-order valence-corrected chi connectivity index (χ3v) is 9.94. The Bertz CT molecular complexity index is 1590. The number of hydrogen-bond acceptors (Lipinski definition) is 0. The fourth-order valence-corrected chi connectivity index (χ4v) is 6.90. The molecule has 50 heavy (non-hydrogen) atoms. The highest BCUT2D eigenvalue weighted by Gasteiger charge is 2.13. The summed E-state index contributed by atoms with van der Waals surface area (Å²) in [5.41, 5.74) is 12.8. The molecule has 0 radical (unpaired) electrons. The first-order valence-electron chi connectivity index (χ1n) is 19.6. The Kier molecular flexibility index (Phi) is 15.4. The van der Waals surface area contributed by atoms with Crippen molar-refractivity contribution in [2.75, 3.05) is 0 Å². The highest BCUT2D eigenvalue weighted by molar-refractivity contribution is 5.93. The highest BCUT2D eigenvalue weighted by Crippen LogP contribution is 2.36. The van der Waals surface area contributed by atoms with Gasteiger partial charge in [0, 0.05) is 0 Å². The standard InChI is InChI=1S/C50H58/c1-3-5-7-9-11-15-21-41-27-31-43(32-28-41)35-37-49-47(45-23-17-13-18-24-45)39-40-48(46-25-19-14-20-26-46)50(49)38-36-44-33-29-42(30-34-44)22-16-12-10-8-6-4-2/h13-14,17-20,23-40H,3-12,15-16,21-22H2,1-2H3. The van der Waals surface area contributed by atoms with Gasteiger partial charge in [0.2, 0.25) is 0 Å². The van der Waals surface area contributed by atoms with E-state index in [2.05, 4.69) is 159 Å². The lowest BCUT2D eigenvalue weighted by atomic mass is 9.88. The first-order valence-corrected chi connectivity index (χ1v) is 19.6. The highest BCUT2D eigenvalue weighted by atomic mass is 14.2. The Hall–Kier alpha value is -4.42. The van der Waals surface area contributed by atoms with Crippen molar-refractivity contribution < 1.29 is 0 Å². The van der Waals surface area contributed by atoms with E-state index >= 15 is 0 Å². The van der Waals surface area contributed by atoms with Crippen molar-refractivity contribution in [2.45, 2.75) is 104 Å². The zero-order chi connectivity index (χ0) is 34.6. The van der Waals surface area contributed by atoms with Gasteiger partial charge in [0.1, 0.15) is 0 Å². The maximum Gasteiger partial charge on any atom is -0.00990 e. The number of unbranched alkanes of at least 4 members (excludes halogenated alkanes) is 10. The predicted octanol–water partition coefficient (Wildman–Crippen LogP) is 15.2. The maximum absolute atomic E-state index is 2.33. The summed E-state index contributed by atoms with van der Waals surface area (Å²) < 4.78 is 0. The topological polar surface area (TPSA) is 0 Å². The summed E-state index contributed by atoms with van der Waals surface area (Å²) in [6.07, 6.45) is 27.6. The van der Waals surface area contributed by atoms with Crippen molar-refractivity contribution >= 4 is 24.3 Å². The predicted molar refractivity (Wildman–Crippen MR) is 222 cm³/mol. The van der Waals surface area contributed by atoms with E-state index in [9.17, 15) is 0 Å². The van der Waals surface area contributed by atoms with E-state index in [0.717, 1.165) is 0 Å². The van der Waals surface area contributed by atoms with Gasteiger partial charge in [0.25, 0.3) is 0 Å². The first kappa shape index (κ1) is 36.9. The second kappa shape index (κ2) is 20.9. The Balaban J connectivity index is 1.42. The monoisotopic (exact) mass is 658 g/mol. The van der Waals surface area contributed by atoms with Crippen molar-refractivity contribution in [3.63, 3.8) is 0 Å². The summed E-state index contributed by atoms with van der Waals surface area (Å²) in [5, 5.41) is 0. The second-order valence-corrected chi connectivity index (χ2v) is 13.9. The molecule has 0 aliphatic heterocycles.